The summed E-state index contributed by atoms with van der Waals surface area (Å²) in [6.45, 7) is 3.74. The lowest BCUT2D eigenvalue weighted by Crippen LogP contribution is -2.11. The van der Waals surface area contributed by atoms with Crippen molar-refractivity contribution in [2.24, 2.45) is 7.05 Å². The first kappa shape index (κ1) is 16.4. The van der Waals surface area contributed by atoms with Gasteiger partial charge in [0.1, 0.15) is 17.6 Å². The van der Waals surface area contributed by atoms with Crippen LogP contribution < -0.4 is 5.32 Å². The molecule has 1 aliphatic rings. The van der Waals surface area contributed by atoms with E-state index in [2.05, 4.69) is 50.4 Å². The molecule has 0 aliphatic carbocycles. The third kappa shape index (κ3) is 2.86. The molecule has 0 amide bonds. The van der Waals surface area contributed by atoms with E-state index in [1.165, 1.54) is 12.8 Å². The Morgan fingerprint density at radius 3 is 2.73 bits per heavy atom. The van der Waals surface area contributed by atoms with E-state index in [1.54, 1.807) is 0 Å². The molecular formula is C20H22N6. The highest BCUT2D eigenvalue weighted by Gasteiger charge is 2.16. The number of aryl methyl sites for hydroxylation is 1. The van der Waals surface area contributed by atoms with Crippen molar-refractivity contribution in [2.45, 2.75) is 39.3 Å². The van der Waals surface area contributed by atoms with E-state index in [4.69, 9.17) is 5.26 Å². The van der Waals surface area contributed by atoms with Crippen LogP contribution in [0.5, 0.6) is 0 Å². The molecule has 6 heteroatoms. The zero-order chi connectivity index (χ0) is 18.1. The van der Waals surface area contributed by atoms with Gasteiger partial charge in [-0.05, 0) is 55.7 Å². The van der Waals surface area contributed by atoms with Crippen molar-refractivity contribution in [3.05, 3.63) is 53.1 Å². The minimum atomic E-state index is 0.686. The fourth-order valence-corrected chi connectivity index (χ4v) is 3.50. The van der Waals surface area contributed by atoms with Gasteiger partial charge >= 0.3 is 0 Å². The van der Waals surface area contributed by atoms with Crippen molar-refractivity contribution in [3.8, 4) is 17.5 Å². The van der Waals surface area contributed by atoms with Gasteiger partial charge in [-0.15, -0.1) is 10.2 Å². The van der Waals surface area contributed by atoms with Crippen LogP contribution in [0.2, 0.25) is 0 Å². The van der Waals surface area contributed by atoms with Crippen molar-refractivity contribution < 1.29 is 0 Å². The molecule has 1 aliphatic heterocycles. The Hall–Kier alpha value is -3.07. The lowest BCUT2D eigenvalue weighted by atomic mass is 10.1. The highest BCUT2D eigenvalue weighted by Crippen LogP contribution is 2.24. The molecule has 0 saturated heterocycles. The lowest BCUT2D eigenvalue weighted by Gasteiger charge is -2.15. The van der Waals surface area contributed by atoms with Gasteiger partial charge in [-0.3, -0.25) is 0 Å². The first-order valence-electron chi connectivity index (χ1n) is 8.99. The average molecular weight is 346 g/mol. The van der Waals surface area contributed by atoms with Crippen LogP contribution in [0.3, 0.4) is 0 Å². The van der Waals surface area contributed by atoms with Gasteiger partial charge in [-0.25, -0.2) is 0 Å². The molecule has 26 heavy (non-hydrogen) atoms. The molecule has 1 N–H and O–H groups in total. The van der Waals surface area contributed by atoms with Gasteiger partial charge in [0.15, 0.2) is 5.82 Å². The van der Waals surface area contributed by atoms with Crippen LogP contribution in [0.4, 0.5) is 5.69 Å². The smallest absolute Gasteiger partial charge is 0.163 e. The van der Waals surface area contributed by atoms with Gasteiger partial charge in [0, 0.05) is 43.5 Å². The Balaban J connectivity index is 1.49. The van der Waals surface area contributed by atoms with E-state index in [0.29, 0.717) is 12.2 Å². The highest BCUT2D eigenvalue weighted by molar-refractivity contribution is 5.60. The molecule has 0 radical (unpaired) electrons. The summed E-state index contributed by atoms with van der Waals surface area (Å²) >= 11 is 0. The SMILES string of the molecule is Cc1c(CNc2ccc(-c3nnc4n3CCCC4)cc2)cc(C#N)n1C. The molecule has 132 valence electrons. The summed E-state index contributed by atoms with van der Waals surface area (Å²) in [5.74, 6) is 2.06. The minimum absolute atomic E-state index is 0.686. The number of nitriles is 1. The van der Waals surface area contributed by atoms with Gasteiger partial charge < -0.3 is 14.5 Å². The van der Waals surface area contributed by atoms with Crippen molar-refractivity contribution in [2.75, 3.05) is 5.32 Å². The normalized spacial score (nSPS) is 13.3. The summed E-state index contributed by atoms with van der Waals surface area (Å²) in [4.78, 5) is 0. The van der Waals surface area contributed by atoms with Crippen LogP contribution in [0.15, 0.2) is 30.3 Å². The fraction of sp³-hybridized carbons (Fsp3) is 0.350. The number of aromatic nitrogens is 4. The van der Waals surface area contributed by atoms with Crippen molar-refractivity contribution in [1.29, 1.82) is 5.26 Å². The summed E-state index contributed by atoms with van der Waals surface area (Å²) < 4.78 is 4.16. The number of hydrogen-bond donors (Lipinski definition) is 1. The Morgan fingerprint density at radius 1 is 1.19 bits per heavy atom. The maximum atomic E-state index is 9.14. The fourth-order valence-electron chi connectivity index (χ4n) is 3.50. The molecule has 4 rings (SSSR count). The van der Waals surface area contributed by atoms with E-state index in [-0.39, 0.29) is 0 Å². The molecule has 1 aromatic carbocycles. The summed E-state index contributed by atoms with van der Waals surface area (Å²) in [6, 6.07) is 12.5. The second-order valence-corrected chi connectivity index (χ2v) is 6.79. The quantitative estimate of drug-likeness (QED) is 0.786. The summed E-state index contributed by atoms with van der Waals surface area (Å²) in [5.41, 5.74) is 5.08. The molecule has 2 aromatic heterocycles. The maximum Gasteiger partial charge on any atom is 0.163 e. The molecule has 0 bridgehead atoms. The second kappa shape index (κ2) is 6.68. The van der Waals surface area contributed by atoms with E-state index in [1.807, 2.05) is 24.6 Å². The number of hydrogen-bond acceptors (Lipinski definition) is 4. The van der Waals surface area contributed by atoms with Crippen LogP contribution >= 0.6 is 0 Å². The summed E-state index contributed by atoms with van der Waals surface area (Å²) in [7, 11) is 1.92. The van der Waals surface area contributed by atoms with Crippen LogP contribution in [0.25, 0.3) is 11.4 Å². The minimum Gasteiger partial charge on any atom is -0.381 e. The molecule has 0 saturated carbocycles. The molecule has 0 unspecified atom stereocenters. The number of benzene rings is 1. The molecule has 3 heterocycles. The molecule has 0 atom stereocenters. The van der Waals surface area contributed by atoms with Crippen LogP contribution in [-0.4, -0.2) is 19.3 Å². The number of nitrogens with zero attached hydrogens (tertiary/aromatic N) is 5. The second-order valence-electron chi connectivity index (χ2n) is 6.79. The zero-order valence-corrected chi connectivity index (χ0v) is 15.2. The van der Waals surface area contributed by atoms with Gasteiger partial charge in [0.2, 0.25) is 0 Å². The molecule has 3 aromatic rings. The standard InChI is InChI=1S/C20H22N6/c1-14-16(11-18(12-21)25(14)2)13-22-17-8-6-15(7-9-17)20-24-23-19-5-3-4-10-26(19)20/h6-9,11,22H,3-5,10,13H2,1-2H3. The molecule has 6 nitrogen and oxygen atoms in total. The predicted molar refractivity (Wildman–Crippen MR) is 101 cm³/mol. The first-order valence-corrected chi connectivity index (χ1v) is 8.99. The monoisotopic (exact) mass is 346 g/mol. The van der Waals surface area contributed by atoms with Crippen LogP contribution in [0, 0.1) is 18.3 Å². The number of nitrogens with one attached hydrogen (secondary N) is 1. The largest absolute Gasteiger partial charge is 0.381 e. The Kier molecular flexibility index (Phi) is 4.21. The maximum absolute atomic E-state index is 9.14. The summed E-state index contributed by atoms with van der Waals surface area (Å²) in [6.07, 6.45) is 3.42. The lowest BCUT2D eigenvalue weighted by molar-refractivity contribution is 0.526. The van der Waals surface area contributed by atoms with Crippen molar-refractivity contribution in [3.63, 3.8) is 0 Å². The highest BCUT2D eigenvalue weighted by atomic mass is 15.3. The Labute approximate surface area is 153 Å². The van der Waals surface area contributed by atoms with E-state index < -0.39 is 0 Å². The molecular weight excluding hydrogens is 324 g/mol. The Morgan fingerprint density at radius 2 is 2.00 bits per heavy atom. The van der Waals surface area contributed by atoms with Crippen molar-refractivity contribution in [1.82, 2.24) is 19.3 Å². The Bertz CT molecular complexity index is 971. The van der Waals surface area contributed by atoms with Crippen LogP contribution in [0.1, 0.15) is 35.6 Å². The number of rotatable bonds is 4. The van der Waals surface area contributed by atoms with Gasteiger partial charge in [0.05, 0.1) is 0 Å². The average Bonchev–Trinajstić information content (AvgIpc) is 3.23. The van der Waals surface area contributed by atoms with E-state index >= 15 is 0 Å². The number of fused-ring (bicyclic) bond motifs is 1. The van der Waals surface area contributed by atoms with E-state index in [9.17, 15) is 0 Å². The van der Waals surface area contributed by atoms with Gasteiger partial charge in [0.25, 0.3) is 0 Å². The molecule has 0 fully saturated rings. The third-order valence-corrected chi connectivity index (χ3v) is 5.24. The molecule has 0 spiro atoms. The van der Waals surface area contributed by atoms with Crippen LogP contribution in [-0.2, 0) is 26.6 Å². The summed E-state index contributed by atoms with van der Waals surface area (Å²) in [5, 5.41) is 21.3. The topological polar surface area (TPSA) is 71.5 Å². The predicted octanol–water partition coefficient (Wildman–Crippen LogP) is 3.41. The van der Waals surface area contributed by atoms with E-state index in [0.717, 1.165) is 47.1 Å². The van der Waals surface area contributed by atoms with Gasteiger partial charge in [-0.2, -0.15) is 5.26 Å². The first-order chi connectivity index (χ1) is 12.7. The third-order valence-electron chi connectivity index (χ3n) is 5.24. The number of anilines is 1. The zero-order valence-electron chi connectivity index (χ0n) is 15.2. The van der Waals surface area contributed by atoms with Gasteiger partial charge in [-0.1, -0.05) is 0 Å². The van der Waals surface area contributed by atoms with Crippen molar-refractivity contribution >= 4 is 5.69 Å².